The number of halogens is 1. The first-order chi connectivity index (χ1) is 16.0. The lowest BCUT2D eigenvalue weighted by atomic mass is 10.1. The van der Waals surface area contributed by atoms with Crippen molar-refractivity contribution in [2.45, 2.75) is 18.7 Å². The third-order valence-corrected chi connectivity index (χ3v) is 7.27. The van der Waals surface area contributed by atoms with E-state index in [9.17, 15) is 4.79 Å². The van der Waals surface area contributed by atoms with Crippen molar-refractivity contribution in [2.75, 3.05) is 58.7 Å². The molecule has 3 aromatic rings. The molecule has 1 heterocycles. The van der Waals surface area contributed by atoms with Crippen molar-refractivity contribution in [3.63, 3.8) is 0 Å². The van der Waals surface area contributed by atoms with E-state index in [0.717, 1.165) is 29.9 Å². The molecule has 0 spiro atoms. The van der Waals surface area contributed by atoms with E-state index in [2.05, 4.69) is 30.9 Å². The number of carbonyl (C=O) groups excluding carboxylic acids is 1. The maximum atomic E-state index is 13.8. The Hall–Kier alpha value is -2.20. The van der Waals surface area contributed by atoms with Gasteiger partial charge in [-0.3, -0.25) is 9.69 Å². The second-order valence-electron chi connectivity index (χ2n) is 7.23. The van der Waals surface area contributed by atoms with Crippen LogP contribution < -0.4 is 19.1 Å². The maximum Gasteiger partial charge on any atom is 0.260 e. The highest BCUT2D eigenvalue weighted by Gasteiger charge is 2.25. The summed E-state index contributed by atoms with van der Waals surface area (Å²) in [5.41, 5.74) is 1.34. The highest BCUT2D eigenvalue weighted by Crippen LogP contribution is 2.39. The van der Waals surface area contributed by atoms with Crippen molar-refractivity contribution in [2.24, 2.45) is 0 Å². The first-order valence-electron chi connectivity index (χ1n) is 10.8. The van der Waals surface area contributed by atoms with Gasteiger partial charge in [-0.2, -0.15) is 0 Å². The van der Waals surface area contributed by atoms with Gasteiger partial charge in [0.1, 0.15) is 0 Å². The molecule has 10 heteroatoms. The van der Waals surface area contributed by atoms with Gasteiger partial charge in [-0.1, -0.05) is 25.2 Å². The number of amides is 1. The fourth-order valence-electron chi connectivity index (χ4n) is 3.56. The van der Waals surface area contributed by atoms with Crippen molar-refractivity contribution in [3.8, 4) is 17.2 Å². The van der Waals surface area contributed by atoms with Crippen molar-refractivity contribution < 1.29 is 19.0 Å². The summed E-state index contributed by atoms with van der Waals surface area (Å²) in [7, 11) is 4.63. The van der Waals surface area contributed by atoms with Crippen LogP contribution in [-0.4, -0.2) is 69.6 Å². The first kappa shape index (κ1) is 28.0. The summed E-state index contributed by atoms with van der Waals surface area (Å²) < 4.78 is 17.4. The number of methoxy groups -OCH3 is 3. The molecule has 2 aromatic carbocycles. The summed E-state index contributed by atoms with van der Waals surface area (Å²) in [5.74, 6) is 1.18. The fraction of sp³-hybridized carbons (Fsp3) is 0.417. The molecule has 0 aliphatic carbocycles. The van der Waals surface area contributed by atoms with Crippen LogP contribution in [0.4, 0.5) is 5.13 Å². The van der Waals surface area contributed by atoms with Crippen LogP contribution in [0.5, 0.6) is 17.2 Å². The number of aromatic nitrogens is 1. The van der Waals surface area contributed by atoms with Gasteiger partial charge in [-0.05, 0) is 49.7 Å². The van der Waals surface area contributed by atoms with Crippen molar-refractivity contribution in [1.82, 2.24) is 9.88 Å². The second-order valence-corrected chi connectivity index (χ2v) is 9.12. The molecule has 0 saturated carbocycles. The number of likely N-dealkylation sites (N-methyl/N-ethyl adjacent to an activating group) is 1. The summed E-state index contributed by atoms with van der Waals surface area (Å²) in [6, 6.07) is 9.56. The zero-order valence-electron chi connectivity index (χ0n) is 20.4. The number of fused-ring (bicyclic) bond motifs is 1. The number of thiazole rings is 1. The van der Waals surface area contributed by atoms with Gasteiger partial charge in [0.2, 0.25) is 5.75 Å². The molecule has 0 aliphatic rings. The van der Waals surface area contributed by atoms with E-state index in [-0.39, 0.29) is 18.3 Å². The molecule has 0 saturated heterocycles. The monoisotopic (exact) mass is 525 g/mol. The molecule has 3 rings (SSSR count). The fourth-order valence-corrected chi connectivity index (χ4v) is 5.10. The molecule has 1 aromatic heterocycles. The summed E-state index contributed by atoms with van der Waals surface area (Å²) in [6.07, 6.45) is 2.05. The van der Waals surface area contributed by atoms with Gasteiger partial charge in [-0.15, -0.1) is 24.2 Å². The number of anilines is 1. The Bertz CT molecular complexity index is 1080. The van der Waals surface area contributed by atoms with E-state index < -0.39 is 0 Å². The Labute approximate surface area is 215 Å². The third kappa shape index (κ3) is 6.07. The van der Waals surface area contributed by atoms with Crippen molar-refractivity contribution >= 4 is 56.8 Å². The molecule has 0 N–H and O–H groups in total. The van der Waals surface area contributed by atoms with Crippen LogP contribution in [0.2, 0.25) is 0 Å². The summed E-state index contributed by atoms with van der Waals surface area (Å²) in [4.78, 5) is 23.8. The molecule has 0 atom stereocenters. The highest BCUT2D eigenvalue weighted by molar-refractivity contribution is 7.98. The average Bonchev–Trinajstić information content (AvgIpc) is 3.28. The molecule has 0 radical (unpaired) electrons. The maximum absolute atomic E-state index is 13.8. The summed E-state index contributed by atoms with van der Waals surface area (Å²) in [6.45, 7) is 7.34. The zero-order chi connectivity index (χ0) is 24.0. The molecule has 0 bridgehead atoms. The molecule has 0 unspecified atom stereocenters. The Kier molecular flexibility index (Phi) is 10.8. The Balaban J connectivity index is 0.00000408. The number of hydrogen-bond acceptors (Lipinski definition) is 8. The average molecular weight is 526 g/mol. The molecule has 1 amide bonds. The first-order valence-corrected chi connectivity index (χ1v) is 12.8. The van der Waals surface area contributed by atoms with Crippen LogP contribution in [0, 0.1) is 0 Å². The largest absolute Gasteiger partial charge is 0.493 e. The molecule has 0 aliphatic heterocycles. The van der Waals surface area contributed by atoms with Crippen LogP contribution >= 0.6 is 35.5 Å². The van der Waals surface area contributed by atoms with E-state index in [4.69, 9.17) is 19.2 Å². The van der Waals surface area contributed by atoms with E-state index in [1.807, 2.05) is 12.3 Å². The van der Waals surface area contributed by atoms with Gasteiger partial charge in [0.25, 0.3) is 5.91 Å². The predicted molar refractivity (Wildman–Crippen MR) is 144 cm³/mol. The number of ether oxygens (including phenoxy) is 3. The third-order valence-electron chi connectivity index (χ3n) is 5.51. The van der Waals surface area contributed by atoms with Crippen molar-refractivity contribution in [1.29, 1.82) is 0 Å². The number of carbonyl (C=O) groups is 1. The van der Waals surface area contributed by atoms with Gasteiger partial charge in [0.05, 0.1) is 31.5 Å². The standard InChI is InChI=1S/C24H31N3O4S2.ClH/c1-7-26(8-2)11-12-27(24-25-18-10-9-17(32-6)15-21(18)33-24)23(28)16-13-19(29-3)22(31-5)20(14-16)30-4;/h9-10,13-15H,7-8,11-12H2,1-6H3;1H. The smallest absolute Gasteiger partial charge is 0.260 e. The van der Waals surface area contributed by atoms with Crippen LogP contribution in [0.15, 0.2) is 35.2 Å². The van der Waals surface area contributed by atoms with E-state index in [1.165, 1.54) is 16.2 Å². The number of thioether (sulfide) groups is 1. The van der Waals surface area contributed by atoms with Crippen LogP contribution in [0.3, 0.4) is 0 Å². The number of benzene rings is 2. The Morgan fingerprint density at radius 1 is 1.00 bits per heavy atom. The number of nitrogens with zero attached hydrogens (tertiary/aromatic N) is 3. The molecular formula is C24H32ClN3O4S2. The number of rotatable bonds is 11. The van der Waals surface area contributed by atoms with Gasteiger partial charge in [-0.25, -0.2) is 4.98 Å². The van der Waals surface area contributed by atoms with E-state index in [0.29, 0.717) is 34.5 Å². The molecule has 34 heavy (non-hydrogen) atoms. The minimum absolute atomic E-state index is 0. The topological polar surface area (TPSA) is 64.1 Å². The molecule has 186 valence electrons. The van der Waals surface area contributed by atoms with Gasteiger partial charge in [0.15, 0.2) is 16.6 Å². The summed E-state index contributed by atoms with van der Waals surface area (Å²) in [5, 5.41) is 0.675. The quantitative estimate of drug-likeness (QED) is 0.308. The van der Waals surface area contributed by atoms with Crippen LogP contribution in [0.1, 0.15) is 24.2 Å². The van der Waals surface area contributed by atoms with Gasteiger partial charge in [0, 0.05) is 23.5 Å². The minimum Gasteiger partial charge on any atom is -0.493 e. The highest BCUT2D eigenvalue weighted by atomic mass is 35.5. The Morgan fingerprint density at radius 2 is 1.65 bits per heavy atom. The van der Waals surface area contributed by atoms with Crippen LogP contribution in [-0.2, 0) is 0 Å². The Morgan fingerprint density at radius 3 is 2.18 bits per heavy atom. The zero-order valence-corrected chi connectivity index (χ0v) is 22.9. The van der Waals surface area contributed by atoms with Gasteiger partial charge >= 0.3 is 0 Å². The van der Waals surface area contributed by atoms with E-state index >= 15 is 0 Å². The molecule has 0 fully saturated rings. The van der Waals surface area contributed by atoms with Crippen LogP contribution in [0.25, 0.3) is 10.2 Å². The molecular weight excluding hydrogens is 494 g/mol. The predicted octanol–water partition coefficient (Wildman–Crippen LogP) is 5.45. The lowest BCUT2D eigenvalue weighted by Crippen LogP contribution is -2.38. The van der Waals surface area contributed by atoms with Crippen molar-refractivity contribution in [3.05, 3.63) is 35.9 Å². The summed E-state index contributed by atoms with van der Waals surface area (Å²) >= 11 is 3.22. The normalized spacial score (nSPS) is 10.8. The lowest BCUT2D eigenvalue weighted by molar-refractivity contribution is 0.0983. The van der Waals surface area contributed by atoms with Gasteiger partial charge < -0.3 is 19.1 Å². The second kappa shape index (κ2) is 13.0. The SMILES string of the molecule is CCN(CC)CCN(C(=O)c1cc(OC)c(OC)c(OC)c1)c1nc2ccc(SC)cc2s1.Cl. The minimum atomic E-state index is -0.162. The molecule has 7 nitrogen and oxygen atoms in total. The lowest BCUT2D eigenvalue weighted by Gasteiger charge is -2.25. The number of hydrogen-bond donors (Lipinski definition) is 0. The van der Waals surface area contributed by atoms with E-state index in [1.54, 1.807) is 50.1 Å².